The Morgan fingerprint density at radius 2 is 1.57 bits per heavy atom. The summed E-state index contributed by atoms with van der Waals surface area (Å²) in [5.41, 5.74) is 6.29. The maximum Gasteiger partial charge on any atom is 0.121 e. The van der Waals surface area contributed by atoms with Crippen LogP contribution in [-0.2, 0) is 26.5 Å². The molecule has 49 heavy (non-hydrogen) atoms. The second-order valence-corrected chi connectivity index (χ2v) is 18.9. The van der Waals surface area contributed by atoms with Crippen LogP contribution >= 0.6 is 0 Å². The topological polar surface area (TPSA) is 38.9 Å². The fourth-order valence-corrected chi connectivity index (χ4v) is 6.45. The number of hydrogen-bond acceptors (Lipinski definition) is 3. The van der Waals surface area contributed by atoms with Gasteiger partial charge in [0, 0.05) is 40.6 Å². The van der Waals surface area contributed by atoms with Crippen LogP contribution in [0.2, 0.25) is 19.6 Å². The predicted octanol–water partition coefficient (Wildman–Crippen LogP) is 11.1. The molecule has 3 aromatic heterocycles. The summed E-state index contributed by atoms with van der Waals surface area (Å²) in [7, 11) is -1.38. The second kappa shape index (κ2) is 14.7. The van der Waals surface area contributed by atoms with Gasteiger partial charge in [-0.3, -0.25) is 4.39 Å². The average Bonchev–Trinajstić information content (AvgIpc) is 3.47. The number of benzene rings is 4. The number of rotatable bonds is 5. The van der Waals surface area contributed by atoms with E-state index in [1.54, 1.807) is 12.3 Å². The van der Waals surface area contributed by atoms with E-state index in [0.29, 0.717) is 28.1 Å². The number of nitrogens with zero attached hydrogens (tertiary/aromatic N) is 2. The Morgan fingerprint density at radius 1 is 0.796 bits per heavy atom. The van der Waals surface area contributed by atoms with Crippen molar-refractivity contribution in [3.05, 3.63) is 139 Å². The fourth-order valence-electron chi connectivity index (χ4n) is 5.41. The van der Waals surface area contributed by atoms with Crippen LogP contribution in [0.1, 0.15) is 29.1 Å². The molecule has 0 spiro atoms. The van der Waals surface area contributed by atoms with Crippen molar-refractivity contribution in [2.24, 2.45) is 5.41 Å². The van der Waals surface area contributed by atoms with E-state index in [9.17, 15) is 8.78 Å². The van der Waals surface area contributed by atoms with Gasteiger partial charge in [0.25, 0.3) is 0 Å². The quantitative estimate of drug-likeness (QED) is 0.128. The molecular weight excluding hydrogens is 807 g/mol. The summed E-state index contributed by atoms with van der Waals surface area (Å²) in [5, 5.41) is 3.27. The third-order valence-electron chi connectivity index (χ3n) is 7.83. The van der Waals surface area contributed by atoms with Crippen LogP contribution in [0.25, 0.3) is 55.6 Å². The summed E-state index contributed by atoms with van der Waals surface area (Å²) >= 11 is 0. The summed E-state index contributed by atoms with van der Waals surface area (Å²) in [5.74, 6) is -1.77. The minimum Gasteiger partial charge on any atom is -0.501 e. The minimum atomic E-state index is -1.50. The molecule has 1 radical (unpaired) electrons. The van der Waals surface area contributed by atoms with Crippen LogP contribution in [0.3, 0.4) is 0 Å². The normalized spacial score (nSPS) is 12.5. The molecule has 0 aliphatic carbocycles. The fraction of sp³-hybridized carbons (Fsp3) is 0.190. The second-order valence-electron chi connectivity index (χ2n) is 13.8. The van der Waals surface area contributed by atoms with E-state index >= 15 is 0 Å². The zero-order valence-corrected chi connectivity index (χ0v) is 31.7. The zero-order chi connectivity index (χ0) is 35.8. The molecule has 3 nitrogen and oxygen atoms in total. The van der Waals surface area contributed by atoms with Gasteiger partial charge in [0.2, 0.25) is 0 Å². The van der Waals surface area contributed by atoms with Crippen molar-refractivity contribution in [2.75, 3.05) is 0 Å². The number of pyridine rings is 2. The Bertz CT molecular complexity index is 2300. The van der Waals surface area contributed by atoms with Gasteiger partial charge in [-0.1, -0.05) is 118 Å². The summed E-state index contributed by atoms with van der Waals surface area (Å²) < 4.78 is 49.5. The van der Waals surface area contributed by atoms with Crippen LogP contribution in [0.15, 0.2) is 114 Å². The first-order chi connectivity index (χ1) is 23.6. The summed E-state index contributed by atoms with van der Waals surface area (Å²) in [6.07, 6.45) is 1.98. The maximum atomic E-state index is 13.1. The molecule has 0 saturated heterocycles. The maximum absolute atomic E-state index is 13.1. The molecule has 0 fully saturated rings. The first kappa shape index (κ1) is 33.2. The Balaban J connectivity index is 0.000000226. The third kappa shape index (κ3) is 8.48. The molecular formula is C42H38F2IrN2OSi-2. The van der Waals surface area contributed by atoms with E-state index < -0.39 is 31.5 Å². The van der Waals surface area contributed by atoms with Crippen molar-refractivity contribution in [3.63, 3.8) is 0 Å². The van der Waals surface area contributed by atoms with E-state index in [2.05, 4.69) is 72.1 Å². The number of aromatic nitrogens is 2. The molecule has 4 aromatic carbocycles. The number of halogens is 2. The van der Waals surface area contributed by atoms with Gasteiger partial charge in [-0.2, -0.15) is 0 Å². The molecule has 0 unspecified atom stereocenters. The van der Waals surface area contributed by atoms with Crippen LogP contribution in [-0.4, -0.2) is 18.0 Å². The Kier molecular flexibility index (Phi) is 9.95. The van der Waals surface area contributed by atoms with E-state index in [0.717, 1.165) is 45.2 Å². The molecule has 0 saturated carbocycles. The Morgan fingerprint density at radius 3 is 2.24 bits per heavy atom. The van der Waals surface area contributed by atoms with Crippen LogP contribution < -0.4 is 5.19 Å². The Labute approximate surface area is 304 Å². The van der Waals surface area contributed by atoms with Crippen LogP contribution in [0.4, 0.5) is 8.78 Å². The van der Waals surface area contributed by atoms with Crippen molar-refractivity contribution in [2.45, 2.75) is 46.8 Å². The van der Waals surface area contributed by atoms with Crippen molar-refractivity contribution >= 4 is 35.2 Å². The molecule has 0 bridgehead atoms. The Hall–Kier alpha value is -4.29. The van der Waals surface area contributed by atoms with E-state index in [4.69, 9.17) is 7.16 Å². The molecule has 0 atom stereocenters. The van der Waals surface area contributed by atoms with Gasteiger partial charge < -0.3 is 14.4 Å². The SMILES string of the molecule is C[Si](C)(C)c1ccc(-c2[c-]cc(F)c(F)c2)nc1.[2H]C([2H])(c1ccnc(-c2[c-]ccc3c2oc2cc(-c4ccccc4)ccc23)c1)C(C)(C)C.[Ir]. The smallest absolute Gasteiger partial charge is 0.121 e. The molecule has 251 valence electrons. The van der Waals surface area contributed by atoms with Gasteiger partial charge in [-0.15, -0.1) is 42.0 Å². The molecule has 0 aliphatic rings. The molecule has 7 heteroatoms. The van der Waals surface area contributed by atoms with E-state index in [1.807, 2.05) is 75.5 Å². The van der Waals surface area contributed by atoms with Crippen LogP contribution in [0.5, 0.6) is 0 Å². The van der Waals surface area contributed by atoms with Crippen LogP contribution in [0, 0.1) is 29.2 Å². The van der Waals surface area contributed by atoms with Gasteiger partial charge >= 0.3 is 0 Å². The van der Waals surface area contributed by atoms with Crippen molar-refractivity contribution < 1.29 is 36.0 Å². The third-order valence-corrected chi connectivity index (χ3v) is 9.86. The average molecular weight is 847 g/mol. The minimum absolute atomic E-state index is 0. The molecule has 0 aliphatic heterocycles. The molecule has 7 aromatic rings. The van der Waals surface area contributed by atoms with Crippen molar-refractivity contribution in [1.29, 1.82) is 0 Å². The van der Waals surface area contributed by atoms with Gasteiger partial charge in [0.05, 0.1) is 25.3 Å². The number of fused-ring (bicyclic) bond motifs is 3. The monoisotopic (exact) mass is 847 g/mol. The van der Waals surface area contributed by atoms with Gasteiger partial charge in [0.1, 0.15) is 5.58 Å². The van der Waals surface area contributed by atoms with Crippen molar-refractivity contribution in [3.8, 4) is 33.6 Å². The number of hydrogen-bond donors (Lipinski definition) is 0. The predicted molar refractivity (Wildman–Crippen MR) is 196 cm³/mol. The summed E-state index contributed by atoms with van der Waals surface area (Å²) in [4.78, 5) is 8.83. The number of furan rings is 1. The van der Waals surface area contributed by atoms with Gasteiger partial charge in [0.15, 0.2) is 0 Å². The van der Waals surface area contributed by atoms with E-state index in [-0.39, 0.29) is 20.1 Å². The largest absolute Gasteiger partial charge is 0.501 e. The first-order valence-electron chi connectivity index (χ1n) is 16.9. The summed E-state index contributed by atoms with van der Waals surface area (Å²) in [6, 6.07) is 35.9. The van der Waals surface area contributed by atoms with E-state index in [1.165, 1.54) is 5.19 Å². The molecule has 3 heterocycles. The first-order valence-corrected chi connectivity index (χ1v) is 19.4. The molecule has 0 N–H and O–H groups in total. The van der Waals surface area contributed by atoms with Gasteiger partial charge in [-0.05, 0) is 51.6 Å². The zero-order valence-electron chi connectivity index (χ0n) is 30.3. The van der Waals surface area contributed by atoms with Crippen molar-refractivity contribution in [1.82, 2.24) is 9.97 Å². The standard InChI is InChI=1S/C28H24NO.C14H14F2NSi.Ir/c1-28(2,3)18-19-14-15-29-25(16-19)24-11-7-10-23-22-13-12-21(17-26(22)30-27(23)24)20-8-5-4-6-9-20;1-18(2,3)11-5-7-14(17-9-11)10-4-6-12(15)13(16)8-10;/h4-10,12-17H,18H2,1-3H3;5-9H,1-3H3;/q2*-1;/i18D2;;. The summed E-state index contributed by atoms with van der Waals surface area (Å²) in [6.45, 7) is 12.4. The van der Waals surface area contributed by atoms with Gasteiger partial charge in [-0.25, -0.2) is 4.39 Å². The molecule has 7 rings (SSSR count). The molecule has 0 amide bonds.